The third-order valence-electron chi connectivity index (χ3n) is 6.34. The maximum absolute atomic E-state index is 13.6. The minimum atomic E-state index is -4.15. The number of hydrogen-bond donors (Lipinski definition) is 1. The average molecular weight is 540 g/mol. The highest BCUT2D eigenvalue weighted by atomic mass is 35.5. The van der Waals surface area contributed by atoms with Gasteiger partial charge in [-0.05, 0) is 68.1 Å². The molecule has 4 rings (SSSR count). The Morgan fingerprint density at radius 2 is 1.95 bits per heavy atom. The van der Waals surface area contributed by atoms with E-state index in [1.54, 1.807) is 36.2 Å². The number of likely N-dealkylation sites (tertiary alicyclic amines) is 1. The van der Waals surface area contributed by atoms with Crippen molar-refractivity contribution in [2.45, 2.75) is 37.5 Å². The fourth-order valence-corrected chi connectivity index (χ4v) is 5.89. The van der Waals surface area contributed by atoms with E-state index in [-0.39, 0.29) is 23.0 Å². The van der Waals surface area contributed by atoms with Gasteiger partial charge in [0.1, 0.15) is 6.54 Å². The number of halogens is 1. The van der Waals surface area contributed by atoms with E-state index in [4.69, 9.17) is 16.9 Å². The Bertz CT molecular complexity index is 1430. The quantitative estimate of drug-likeness (QED) is 0.549. The molecule has 2 aliphatic heterocycles. The highest BCUT2D eigenvalue weighted by Gasteiger charge is 2.29. The van der Waals surface area contributed by atoms with Crippen molar-refractivity contribution in [2.75, 3.05) is 23.9 Å². The molecule has 2 amide bonds. The van der Waals surface area contributed by atoms with Crippen molar-refractivity contribution in [1.82, 2.24) is 10.2 Å². The Kier molecular flexibility index (Phi) is 7.95. The summed E-state index contributed by atoms with van der Waals surface area (Å²) in [7, 11) is -4.15. The number of allylic oxidation sites excluding steroid dienone is 1. The van der Waals surface area contributed by atoms with Crippen LogP contribution in [0.15, 0.2) is 64.2 Å². The van der Waals surface area contributed by atoms with Crippen molar-refractivity contribution in [3.63, 3.8) is 0 Å². The Morgan fingerprint density at radius 1 is 1.19 bits per heavy atom. The zero-order valence-electron chi connectivity index (χ0n) is 20.3. The number of hydrogen-bond acceptors (Lipinski definition) is 6. The second kappa shape index (κ2) is 11.2. The third-order valence-corrected chi connectivity index (χ3v) is 8.53. The topological polar surface area (TPSA) is 123 Å². The van der Waals surface area contributed by atoms with Gasteiger partial charge in [-0.25, -0.2) is 8.42 Å². The van der Waals surface area contributed by atoms with Gasteiger partial charge in [0.25, 0.3) is 10.0 Å². The summed E-state index contributed by atoms with van der Waals surface area (Å²) in [6, 6.07) is 12.3. The van der Waals surface area contributed by atoms with Crippen LogP contribution in [0.4, 0.5) is 5.69 Å². The van der Waals surface area contributed by atoms with Crippen LogP contribution in [0.2, 0.25) is 5.02 Å². The van der Waals surface area contributed by atoms with Gasteiger partial charge in [-0.2, -0.15) is 5.26 Å². The minimum Gasteiger partial charge on any atom is -0.349 e. The number of amides is 2. The molecule has 1 saturated heterocycles. The zero-order chi connectivity index (χ0) is 26.6. The summed E-state index contributed by atoms with van der Waals surface area (Å²) in [4.78, 5) is 31.0. The number of aliphatic imine (C=N–C) groups is 1. The highest BCUT2D eigenvalue weighted by molar-refractivity contribution is 7.92. The highest BCUT2D eigenvalue weighted by Crippen LogP contribution is 2.31. The maximum Gasteiger partial charge on any atom is 0.264 e. The van der Waals surface area contributed by atoms with Crippen LogP contribution < -0.4 is 9.62 Å². The lowest BCUT2D eigenvalue weighted by Crippen LogP contribution is -2.42. The van der Waals surface area contributed by atoms with Gasteiger partial charge >= 0.3 is 0 Å². The lowest BCUT2D eigenvalue weighted by Gasteiger charge is -2.26. The number of anilines is 1. The molecule has 0 spiro atoms. The largest absolute Gasteiger partial charge is 0.349 e. The predicted octanol–water partition coefficient (Wildman–Crippen LogP) is 3.53. The molecule has 0 bridgehead atoms. The minimum absolute atomic E-state index is 0.0514. The molecule has 2 aliphatic rings. The van der Waals surface area contributed by atoms with E-state index in [0.29, 0.717) is 42.0 Å². The molecule has 11 heteroatoms. The van der Waals surface area contributed by atoms with Crippen molar-refractivity contribution in [1.29, 1.82) is 5.26 Å². The van der Waals surface area contributed by atoms with Crippen molar-refractivity contribution >= 4 is 44.8 Å². The number of sulfonamides is 1. The van der Waals surface area contributed by atoms with Crippen molar-refractivity contribution < 1.29 is 18.0 Å². The normalized spacial score (nSPS) is 15.6. The number of carbonyl (C=O) groups is 2. The molecule has 2 heterocycles. The number of rotatable bonds is 8. The molecule has 37 heavy (non-hydrogen) atoms. The average Bonchev–Trinajstić information content (AvgIpc) is 3.34. The maximum atomic E-state index is 13.6. The molecular weight excluding hydrogens is 514 g/mol. The van der Waals surface area contributed by atoms with E-state index in [9.17, 15) is 18.0 Å². The van der Waals surface area contributed by atoms with Gasteiger partial charge in [0.2, 0.25) is 11.8 Å². The van der Waals surface area contributed by atoms with Crippen LogP contribution in [0.25, 0.3) is 0 Å². The summed E-state index contributed by atoms with van der Waals surface area (Å²) in [6.45, 7) is 2.08. The Morgan fingerprint density at radius 3 is 2.57 bits per heavy atom. The molecule has 1 N–H and O–H groups in total. The summed E-state index contributed by atoms with van der Waals surface area (Å²) in [5.74, 6) is -0.401. The van der Waals surface area contributed by atoms with E-state index in [0.717, 1.165) is 22.1 Å². The summed E-state index contributed by atoms with van der Waals surface area (Å²) >= 11 is 6.26. The molecular formula is C26H26ClN5O4S. The fraction of sp³-hybridized carbons (Fsp3) is 0.308. The number of nitriles is 1. The van der Waals surface area contributed by atoms with Crippen LogP contribution in [-0.2, 0) is 19.6 Å². The first-order valence-corrected chi connectivity index (χ1v) is 13.6. The Hall–Kier alpha value is -3.68. The second-order valence-corrected chi connectivity index (χ2v) is 11.0. The van der Waals surface area contributed by atoms with Crippen molar-refractivity contribution in [3.8, 4) is 6.07 Å². The van der Waals surface area contributed by atoms with E-state index in [1.807, 2.05) is 6.07 Å². The molecule has 0 atom stereocenters. The van der Waals surface area contributed by atoms with Gasteiger partial charge in [0.15, 0.2) is 0 Å². The second-order valence-electron chi connectivity index (χ2n) is 8.77. The molecule has 0 unspecified atom stereocenters. The molecule has 1 fully saturated rings. The lowest BCUT2D eigenvalue weighted by atomic mass is 10.1. The van der Waals surface area contributed by atoms with Gasteiger partial charge in [0.05, 0.1) is 28.8 Å². The molecule has 0 radical (unpaired) electrons. The van der Waals surface area contributed by atoms with Crippen molar-refractivity contribution in [2.24, 2.45) is 4.99 Å². The smallest absolute Gasteiger partial charge is 0.264 e. The number of carbonyl (C=O) groups excluding carboxylic acids is 2. The fourth-order valence-electron chi connectivity index (χ4n) is 4.24. The van der Waals surface area contributed by atoms with Crippen LogP contribution in [0.3, 0.4) is 0 Å². The van der Waals surface area contributed by atoms with Crippen LogP contribution in [0.5, 0.6) is 0 Å². The summed E-state index contributed by atoms with van der Waals surface area (Å²) in [6.07, 6.45) is 4.32. The van der Waals surface area contributed by atoms with Crippen LogP contribution in [0.1, 0.15) is 36.8 Å². The molecule has 2 aromatic carbocycles. The predicted molar refractivity (Wildman–Crippen MR) is 141 cm³/mol. The zero-order valence-corrected chi connectivity index (χ0v) is 21.8. The molecule has 0 aromatic heterocycles. The number of nitrogens with zero attached hydrogens (tertiary/aromatic N) is 4. The van der Waals surface area contributed by atoms with Gasteiger partial charge in [-0.3, -0.25) is 18.9 Å². The summed E-state index contributed by atoms with van der Waals surface area (Å²) < 4.78 is 28.2. The lowest BCUT2D eigenvalue weighted by molar-refractivity contribution is -0.126. The van der Waals surface area contributed by atoms with Gasteiger partial charge in [0, 0.05) is 35.6 Å². The van der Waals surface area contributed by atoms with Gasteiger partial charge in [-0.15, -0.1) is 0 Å². The van der Waals surface area contributed by atoms with E-state index < -0.39 is 22.5 Å². The van der Waals surface area contributed by atoms with Gasteiger partial charge in [-0.1, -0.05) is 17.7 Å². The number of benzene rings is 2. The van der Waals surface area contributed by atoms with Gasteiger partial charge < -0.3 is 10.2 Å². The van der Waals surface area contributed by atoms with E-state index >= 15 is 0 Å². The molecule has 2 aromatic rings. The van der Waals surface area contributed by atoms with Crippen LogP contribution >= 0.6 is 11.6 Å². The Balaban J connectivity index is 1.51. The summed E-state index contributed by atoms with van der Waals surface area (Å²) in [5.41, 5.74) is 2.74. The third kappa shape index (κ3) is 5.84. The summed E-state index contributed by atoms with van der Waals surface area (Å²) in [5, 5.41) is 12.2. The molecule has 0 saturated carbocycles. The van der Waals surface area contributed by atoms with Crippen molar-refractivity contribution in [3.05, 3.63) is 70.5 Å². The van der Waals surface area contributed by atoms with E-state index in [1.165, 1.54) is 24.3 Å². The van der Waals surface area contributed by atoms with E-state index in [2.05, 4.69) is 10.3 Å². The molecule has 192 valence electrons. The number of nitrogens with one attached hydrogen (secondary N) is 1. The SMILES string of the molecule is Cc1c(Cl)cccc1N(CC(=O)NCC1=NC=C(N2CCCC2=O)CC1)S(=O)(=O)c1ccc(C#N)cc1. The standard InChI is InChI=1S/C26H26ClN5O4S/c1-18-23(27)4-2-5-24(18)32(37(35,36)22-11-7-19(14-28)8-12-22)17-25(33)30-15-20-9-10-21(16-29-20)31-13-3-6-26(31)34/h2,4-5,7-8,11-12,16H,3,6,9-10,13,15,17H2,1H3,(H,30,33). The first-order valence-electron chi connectivity index (χ1n) is 11.8. The first kappa shape index (κ1) is 26.4. The molecule has 9 nitrogen and oxygen atoms in total. The monoisotopic (exact) mass is 539 g/mol. The van der Waals surface area contributed by atoms with Crippen LogP contribution in [0, 0.1) is 18.3 Å². The van der Waals surface area contributed by atoms with Crippen LogP contribution in [-0.4, -0.2) is 50.5 Å². The first-order chi connectivity index (χ1) is 17.7. The molecule has 0 aliphatic carbocycles. The Labute approximate surface area is 221 Å².